The number of pyridine rings is 1. The summed E-state index contributed by atoms with van der Waals surface area (Å²) in [5.41, 5.74) is 1.76. The number of rotatable bonds is 7. The Morgan fingerprint density at radius 2 is 2.00 bits per heavy atom. The molecule has 0 aliphatic carbocycles. The van der Waals surface area contributed by atoms with E-state index in [0.717, 1.165) is 21.1 Å². The number of halogens is 4. The summed E-state index contributed by atoms with van der Waals surface area (Å²) in [6, 6.07) is 3.04. The van der Waals surface area contributed by atoms with Gasteiger partial charge in [0.1, 0.15) is 0 Å². The van der Waals surface area contributed by atoms with Gasteiger partial charge in [-0.1, -0.05) is 6.07 Å². The molecule has 0 saturated carbocycles. The molecule has 0 fully saturated rings. The molecule has 28 heavy (non-hydrogen) atoms. The number of thiazole rings is 1. The third-order valence-electron chi connectivity index (χ3n) is 3.36. The Bertz CT molecular complexity index is 765. The van der Waals surface area contributed by atoms with E-state index in [-0.39, 0.29) is 29.9 Å². The van der Waals surface area contributed by atoms with Crippen LogP contribution in [0, 0.1) is 13.8 Å². The van der Waals surface area contributed by atoms with Gasteiger partial charge >= 0.3 is 6.18 Å². The van der Waals surface area contributed by atoms with Crippen molar-refractivity contribution in [2.24, 2.45) is 4.99 Å². The molecular formula is C17H23F3IN5OS. The van der Waals surface area contributed by atoms with Crippen LogP contribution in [0.2, 0.25) is 0 Å². The minimum Gasteiger partial charge on any atom is -0.468 e. The maximum atomic E-state index is 12.1. The zero-order valence-corrected chi connectivity index (χ0v) is 18.9. The van der Waals surface area contributed by atoms with E-state index in [1.54, 1.807) is 17.4 Å². The van der Waals surface area contributed by atoms with Crippen LogP contribution in [0.15, 0.2) is 23.3 Å². The minimum absolute atomic E-state index is 0. The van der Waals surface area contributed by atoms with Crippen molar-refractivity contribution in [3.63, 3.8) is 0 Å². The second kappa shape index (κ2) is 11.4. The molecule has 0 spiro atoms. The second-order valence-electron chi connectivity index (χ2n) is 5.70. The number of nitrogens with one attached hydrogen (secondary N) is 2. The molecule has 2 aromatic heterocycles. The molecule has 0 aliphatic heterocycles. The van der Waals surface area contributed by atoms with Crippen molar-refractivity contribution in [1.82, 2.24) is 20.6 Å². The van der Waals surface area contributed by atoms with Gasteiger partial charge in [-0.3, -0.25) is 0 Å². The number of aryl methyl sites for hydroxylation is 2. The summed E-state index contributed by atoms with van der Waals surface area (Å²) >= 11 is 1.64. The summed E-state index contributed by atoms with van der Waals surface area (Å²) in [6.45, 7) is 6.20. The topological polar surface area (TPSA) is 71.4 Å². The van der Waals surface area contributed by atoms with Crippen molar-refractivity contribution in [2.45, 2.75) is 40.0 Å². The lowest BCUT2D eigenvalue weighted by Gasteiger charge is -2.11. The normalized spacial score (nSPS) is 11.7. The van der Waals surface area contributed by atoms with E-state index in [9.17, 15) is 13.2 Å². The van der Waals surface area contributed by atoms with Crippen molar-refractivity contribution >= 4 is 41.3 Å². The monoisotopic (exact) mass is 529 g/mol. The molecule has 0 radical (unpaired) electrons. The van der Waals surface area contributed by atoms with E-state index >= 15 is 0 Å². The Labute approximate surface area is 183 Å². The van der Waals surface area contributed by atoms with Crippen LogP contribution in [-0.4, -0.2) is 35.3 Å². The van der Waals surface area contributed by atoms with Gasteiger partial charge < -0.3 is 15.4 Å². The third-order valence-corrected chi connectivity index (χ3v) is 4.43. The number of hydrogen-bond donors (Lipinski definition) is 2. The van der Waals surface area contributed by atoms with E-state index in [0.29, 0.717) is 25.6 Å². The number of aliphatic imine (C=N–C) groups is 1. The average Bonchev–Trinajstić information content (AvgIpc) is 2.93. The van der Waals surface area contributed by atoms with Crippen LogP contribution in [0.3, 0.4) is 0 Å². The number of ether oxygens (including phenoxy) is 1. The van der Waals surface area contributed by atoms with Crippen molar-refractivity contribution in [2.75, 3.05) is 13.2 Å². The van der Waals surface area contributed by atoms with Crippen LogP contribution in [0.25, 0.3) is 0 Å². The van der Waals surface area contributed by atoms with Crippen LogP contribution in [0.1, 0.15) is 28.1 Å². The maximum absolute atomic E-state index is 12.1. The highest BCUT2D eigenvalue weighted by molar-refractivity contribution is 14.0. The smallest absolute Gasteiger partial charge is 0.422 e. The van der Waals surface area contributed by atoms with Crippen molar-refractivity contribution < 1.29 is 17.9 Å². The van der Waals surface area contributed by atoms with Gasteiger partial charge in [0.25, 0.3) is 0 Å². The lowest BCUT2D eigenvalue weighted by Crippen LogP contribution is -2.36. The third kappa shape index (κ3) is 8.59. The number of alkyl halides is 3. The highest BCUT2D eigenvalue weighted by Gasteiger charge is 2.28. The molecule has 0 aromatic carbocycles. The van der Waals surface area contributed by atoms with Gasteiger partial charge in [-0.05, 0) is 26.3 Å². The molecule has 0 unspecified atom stereocenters. The highest BCUT2D eigenvalue weighted by Crippen LogP contribution is 2.18. The van der Waals surface area contributed by atoms with E-state index in [1.807, 2.05) is 20.8 Å². The summed E-state index contributed by atoms with van der Waals surface area (Å²) in [5, 5.41) is 7.42. The van der Waals surface area contributed by atoms with E-state index in [4.69, 9.17) is 0 Å². The first-order chi connectivity index (χ1) is 12.8. The molecular weight excluding hydrogens is 506 g/mol. The molecule has 156 valence electrons. The van der Waals surface area contributed by atoms with E-state index < -0.39 is 12.8 Å². The van der Waals surface area contributed by atoms with Gasteiger partial charge in [0.05, 0.1) is 23.8 Å². The van der Waals surface area contributed by atoms with Crippen molar-refractivity contribution in [3.05, 3.63) is 39.5 Å². The molecule has 2 aromatic rings. The Morgan fingerprint density at radius 3 is 2.54 bits per heavy atom. The molecule has 6 nitrogen and oxygen atoms in total. The summed E-state index contributed by atoms with van der Waals surface area (Å²) < 4.78 is 41.0. The van der Waals surface area contributed by atoms with E-state index in [2.05, 4.69) is 30.3 Å². The predicted octanol–water partition coefficient (Wildman–Crippen LogP) is 3.97. The second-order valence-corrected chi connectivity index (χ2v) is 6.99. The van der Waals surface area contributed by atoms with Gasteiger partial charge in [0.2, 0.25) is 5.88 Å². The van der Waals surface area contributed by atoms with Gasteiger partial charge in [-0.2, -0.15) is 13.2 Å². The van der Waals surface area contributed by atoms with Gasteiger partial charge in [-0.15, -0.1) is 35.3 Å². The lowest BCUT2D eigenvalue weighted by molar-refractivity contribution is -0.154. The van der Waals surface area contributed by atoms with Crippen LogP contribution in [0.4, 0.5) is 13.2 Å². The first kappa shape index (κ1) is 24.4. The number of aromatic nitrogens is 2. The molecule has 0 atom stereocenters. The summed E-state index contributed by atoms with van der Waals surface area (Å²) in [6.07, 6.45) is -2.93. The quantitative estimate of drug-likeness (QED) is 0.323. The summed E-state index contributed by atoms with van der Waals surface area (Å²) in [7, 11) is 0. The molecule has 0 saturated heterocycles. The summed E-state index contributed by atoms with van der Waals surface area (Å²) in [4.78, 5) is 13.9. The fourth-order valence-corrected chi connectivity index (χ4v) is 3.04. The van der Waals surface area contributed by atoms with Crippen molar-refractivity contribution in [3.8, 4) is 5.88 Å². The van der Waals surface area contributed by atoms with E-state index in [1.165, 1.54) is 12.3 Å². The van der Waals surface area contributed by atoms with Crippen LogP contribution < -0.4 is 15.4 Å². The van der Waals surface area contributed by atoms with Crippen LogP contribution >= 0.6 is 35.3 Å². The van der Waals surface area contributed by atoms with Gasteiger partial charge in [-0.25, -0.2) is 15.0 Å². The Kier molecular flexibility index (Phi) is 9.93. The van der Waals surface area contributed by atoms with Gasteiger partial charge in [0, 0.05) is 23.7 Å². The Balaban J connectivity index is 0.00000392. The fraction of sp³-hybridized carbons (Fsp3) is 0.471. The zero-order chi connectivity index (χ0) is 19.9. The molecule has 11 heteroatoms. The molecule has 2 N–H and O–H groups in total. The lowest BCUT2D eigenvalue weighted by atomic mass is 10.3. The van der Waals surface area contributed by atoms with Gasteiger partial charge in [0.15, 0.2) is 12.6 Å². The largest absolute Gasteiger partial charge is 0.468 e. The first-order valence-corrected chi connectivity index (χ1v) is 9.18. The standard InChI is InChI=1S/C17H22F3N5OS.HI/c1-4-21-16(24-9-14-11(2)25-12(3)27-14)23-8-13-5-6-15(22-7-13)26-10-17(18,19)20;/h5-7H,4,8-10H2,1-3H3,(H2,21,23,24);1H. The SMILES string of the molecule is CCNC(=NCc1ccc(OCC(F)(F)F)nc1)NCc1sc(C)nc1C.I. The molecule has 2 heterocycles. The zero-order valence-electron chi connectivity index (χ0n) is 15.8. The minimum atomic E-state index is -4.38. The number of hydrogen-bond acceptors (Lipinski definition) is 5. The average molecular weight is 529 g/mol. The maximum Gasteiger partial charge on any atom is 0.422 e. The summed E-state index contributed by atoms with van der Waals surface area (Å²) in [5.74, 6) is 0.571. The highest BCUT2D eigenvalue weighted by atomic mass is 127. The van der Waals surface area contributed by atoms with Crippen molar-refractivity contribution in [1.29, 1.82) is 0 Å². The Hall–Kier alpha value is -1.63. The fourth-order valence-electron chi connectivity index (χ4n) is 2.16. The molecule has 2 rings (SSSR count). The molecule has 0 bridgehead atoms. The predicted molar refractivity (Wildman–Crippen MR) is 114 cm³/mol. The number of nitrogens with zero attached hydrogens (tertiary/aromatic N) is 3. The number of guanidine groups is 1. The molecule has 0 amide bonds. The molecule has 0 aliphatic rings. The first-order valence-electron chi connectivity index (χ1n) is 8.36. The van der Waals surface area contributed by atoms with Crippen LogP contribution in [-0.2, 0) is 13.1 Å². The Morgan fingerprint density at radius 1 is 1.25 bits per heavy atom. The van der Waals surface area contributed by atoms with Crippen LogP contribution in [0.5, 0.6) is 5.88 Å².